The van der Waals surface area contributed by atoms with Gasteiger partial charge >= 0.3 is 0 Å². The number of benzene rings is 2. The smallest absolute Gasteiger partial charge is 0.248 e. The molecule has 0 spiro atoms. The highest BCUT2D eigenvalue weighted by molar-refractivity contribution is 5.60. The van der Waals surface area contributed by atoms with Crippen molar-refractivity contribution in [3.8, 4) is 17.0 Å². The first kappa shape index (κ1) is 14.1. The Bertz CT molecular complexity index is 828. The van der Waals surface area contributed by atoms with Crippen molar-refractivity contribution >= 4 is 0 Å². The summed E-state index contributed by atoms with van der Waals surface area (Å²) in [5.41, 5.74) is 1.92. The van der Waals surface area contributed by atoms with Crippen LogP contribution in [0.2, 0.25) is 0 Å². The lowest BCUT2D eigenvalue weighted by Gasteiger charge is -2.09. The molecule has 0 atom stereocenters. The molecule has 1 aromatic heterocycles. The zero-order valence-electron chi connectivity index (χ0n) is 11.8. The van der Waals surface area contributed by atoms with E-state index < -0.39 is 5.82 Å². The van der Waals surface area contributed by atoms with Crippen LogP contribution in [0.15, 0.2) is 71.5 Å². The van der Waals surface area contributed by atoms with Gasteiger partial charge in [0.2, 0.25) is 5.56 Å². The molecular formula is C18H14FNO2. The molecule has 0 bridgehead atoms. The minimum atomic E-state index is -0.460. The van der Waals surface area contributed by atoms with Crippen LogP contribution < -0.4 is 10.3 Å². The highest BCUT2D eigenvalue weighted by atomic mass is 19.1. The van der Waals surface area contributed by atoms with Gasteiger partial charge in [-0.2, -0.15) is 0 Å². The summed E-state index contributed by atoms with van der Waals surface area (Å²) in [5.74, 6) is -0.274. The van der Waals surface area contributed by atoms with Gasteiger partial charge in [-0.25, -0.2) is 4.39 Å². The molecule has 0 radical (unpaired) electrons. The summed E-state index contributed by atoms with van der Waals surface area (Å²) < 4.78 is 19.6. The molecule has 1 heterocycles. The average Bonchev–Trinajstić information content (AvgIpc) is 2.54. The molecule has 22 heavy (non-hydrogen) atoms. The Balaban J connectivity index is 1.79. The molecule has 0 aliphatic rings. The van der Waals surface area contributed by atoms with Crippen molar-refractivity contribution < 1.29 is 9.13 Å². The largest absolute Gasteiger partial charge is 0.486 e. The minimum absolute atomic E-state index is 0.186. The molecule has 0 unspecified atom stereocenters. The van der Waals surface area contributed by atoms with Gasteiger partial charge in [-0.1, -0.05) is 36.4 Å². The monoisotopic (exact) mass is 295 g/mol. The molecule has 4 heteroatoms. The Morgan fingerprint density at radius 1 is 0.955 bits per heavy atom. The van der Waals surface area contributed by atoms with Gasteiger partial charge in [0.15, 0.2) is 11.6 Å². The van der Waals surface area contributed by atoms with Crippen LogP contribution in [0.4, 0.5) is 4.39 Å². The number of ether oxygens (including phenoxy) is 1. The van der Waals surface area contributed by atoms with E-state index in [0.29, 0.717) is 17.9 Å². The molecule has 110 valence electrons. The summed E-state index contributed by atoms with van der Waals surface area (Å²) in [5, 5.41) is 0. The summed E-state index contributed by atoms with van der Waals surface area (Å²) >= 11 is 0. The maximum absolute atomic E-state index is 14.1. The van der Waals surface area contributed by atoms with Gasteiger partial charge in [-0.3, -0.25) is 4.79 Å². The number of hydrogen-bond acceptors (Lipinski definition) is 2. The Morgan fingerprint density at radius 2 is 1.77 bits per heavy atom. The van der Waals surface area contributed by atoms with E-state index in [0.717, 1.165) is 5.56 Å². The molecule has 3 rings (SSSR count). The zero-order valence-corrected chi connectivity index (χ0v) is 11.8. The van der Waals surface area contributed by atoms with Crippen molar-refractivity contribution in [2.45, 2.75) is 6.61 Å². The molecule has 0 aliphatic carbocycles. The van der Waals surface area contributed by atoms with Gasteiger partial charge in [0.1, 0.15) is 6.61 Å². The van der Waals surface area contributed by atoms with Crippen molar-refractivity contribution in [2.75, 3.05) is 0 Å². The molecule has 1 N–H and O–H groups in total. The summed E-state index contributed by atoms with van der Waals surface area (Å²) in [7, 11) is 0. The topological polar surface area (TPSA) is 42.1 Å². The predicted octanol–water partition coefficient (Wildman–Crippen LogP) is 3.76. The molecule has 0 saturated carbocycles. The van der Waals surface area contributed by atoms with Gasteiger partial charge in [0.25, 0.3) is 0 Å². The Kier molecular flexibility index (Phi) is 4.01. The van der Waals surface area contributed by atoms with E-state index in [2.05, 4.69) is 4.98 Å². The molecule has 3 aromatic rings. The number of pyridine rings is 1. The van der Waals surface area contributed by atoms with Gasteiger partial charge in [-0.15, -0.1) is 0 Å². The first-order valence-electron chi connectivity index (χ1n) is 6.88. The van der Waals surface area contributed by atoms with Gasteiger partial charge < -0.3 is 9.72 Å². The number of hydrogen-bond donors (Lipinski definition) is 1. The van der Waals surface area contributed by atoms with Crippen LogP contribution in [-0.2, 0) is 6.61 Å². The number of aromatic nitrogens is 1. The van der Waals surface area contributed by atoms with Crippen LogP contribution in [0.3, 0.4) is 0 Å². The first-order valence-corrected chi connectivity index (χ1v) is 6.88. The van der Waals surface area contributed by atoms with E-state index in [1.54, 1.807) is 24.3 Å². The Labute approximate surface area is 127 Å². The molecule has 0 fully saturated rings. The fourth-order valence-electron chi connectivity index (χ4n) is 2.14. The highest BCUT2D eigenvalue weighted by Crippen LogP contribution is 2.24. The quantitative estimate of drug-likeness (QED) is 0.796. The second-order valence-electron chi connectivity index (χ2n) is 4.85. The van der Waals surface area contributed by atoms with E-state index in [1.807, 2.05) is 30.3 Å². The maximum atomic E-state index is 14.1. The third kappa shape index (κ3) is 3.23. The summed E-state index contributed by atoms with van der Waals surface area (Å²) in [6.45, 7) is 0.305. The number of rotatable bonds is 4. The van der Waals surface area contributed by atoms with Gasteiger partial charge in [0.05, 0.1) is 0 Å². The number of nitrogens with one attached hydrogen (secondary N) is 1. The summed E-state index contributed by atoms with van der Waals surface area (Å²) in [4.78, 5) is 14.0. The van der Waals surface area contributed by atoms with Crippen molar-refractivity contribution in [3.05, 3.63) is 88.5 Å². The van der Waals surface area contributed by atoms with Crippen LogP contribution in [0.5, 0.6) is 5.75 Å². The third-order valence-electron chi connectivity index (χ3n) is 3.25. The van der Waals surface area contributed by atoms with E-state index in [9.17, 15) is 9.18 Å². The second-order valence-corrected chi connectivity index (χ2v) is 4.85. The zero-order chi connectivity index (χ0) is 15.4. The number of aromatic amines is 1. The van der Waals surface area contributed by atoms with Crippen LogP contribution in [-0.4, -0.2) is 4.98 Å². The van der Waals surface area contributed by atoms with Crippen molar-refractivity contribution in [2.24, 2.45) is 0 Å². The van der Waals surface area contributed by atoms with Gasteiger partial charge in [-0.05, 0) is 29.8 Å². The first-order chi connectivity index (χ1) is 10.7. The van der Waals surface area contributed by atoms with Crippen LogP contribution in [0.25, 0.3) is 11.3 Å². The van der Waals surface area contributed by atoms with E-state index in [-0.39, 0.29) is 11.3 Å². The number of halogens is 1. The highest BCUT2D eigenvalue weighted by Gasteiger charge is 2.07. The molecule has 0 amide bonds. The lowest BCUT2D eigenvalue weighted by Crippen LogP contribution is -2.03. The third-order valence-corrected chi connectivity index (χ3v) is 3.25. The minimum Gasteiger partial charge on any atom is -0.486 e. The number of H-pyrrole nitrogens is 1. The van der Waals surface area contributed by atoms with Crippen molar-refractivity contribution in [1.82, 2.24) is 4.98 Å². The van der Waals surface area contributed by atoms with E-state index in [1.165, 1.54) is 12.1 Å². The molecule has 3 nitrogen and oxygen atoms in total. The Hall–Kier alpha value is -2.88. The summed E-state index contributed by atoms with van der Waals surface area (Å²) in [6, 6.07) is 19.0. The van der Waals surface area contributed by atoms with Crippen LogP contribution in [0.1, 0.15) is 5.56 Å². The Morgan fingerprint density at radius 3 is 2.50 bits per heavy atom. The maximum Gasteiger partial charge on any atom is 0.248 e. The molecule has 2 aromatic carbocycles. The summed E-state index contributed by atoms with van der Waals surface area (Å²) in [6.07, 6.45) is 0. The SMILES string of the molecule is O=c1cccc(-c2ccc(OCc3ccccc3)c(F)c2)[nH]1. The van der Waals surface area contributed by atoms with Crippen molar-refractivity contribution in [3.63, 3.8) is 0 Å². The fourth-order valence-corrected chi connectivity index (χ4v) is 2.14. The predicted molar refractivity (Wildman–Crippen MR) is 83.2 cm³/mol. The van der Waals surface area contributed by atoms with Crippen molar-refractivity contribution in [1.29, 1.82) is 0 Å². The molecular weight excluding hydrogens is 281 g/mol. The second kappa shape index (κ2) is 6.26. The van der Waals surface area contributed by atoms with Crippen LogP contribution in [0, 0.1) is 5.82 Å². The lowest BCUT2D eigenvalue weighted by molar-refractivity contribution is 0.290. The van der Waals surface area contributed by atoms with E-state index >= 15 is 0 Å². The normalized spacial score (nSPS) is 10.4. The van der Waals surface area contributed by atoms with Gasteiger partial charge in [0, 0.05) is 17.3 Å². The molecule has 0 saturated heterocycles. The fraction of sp³-hybridized carbons (Fsp3) is 0.0556. The van der Waals surface area contributed by atoms with Crippen LogP contribution >= 0.6 is 0 Å². The molecule has 0 aliphatic heterocycles. The lowest BCUT2D eigenvalue weighted by atomic mass is 10.1. The average molecular weight is 295 g/mol. The standard InChI is InChI=1S/C18H14FNO2/c19-15-11-14(16-7-4-8-18(21)20-16)9-10-17(15)22-12-13-5-2-1-3-6-13/h1-11H,12H2,(H,20,21). The van der Waals surface area contributed by atoms with E-state index in [4.69, 9.17) is 4.74 Å².